The fourth-order valence-corrected chi connectivity index (χ4v) is 2.73. The Morgan fingerprint density at radius 3 is 2.61 bits per heavy atom. The first kappa shape index (κ1) is 13.6. The molecule has 0 bridgehead atoms. The van der Waals surface area contributed by atoms with Crippen LogP contribution in [0.2, 0.25) is 0 Å². The summed E-state index contributed by atoms with van der Waals surface area (Å²) in [7, 11) is 0. The van der Waals surface area contributed by atoms with E-state index < -0.39 is 0 Å². The standard InChI is InChI=1S/C15H25NO2/c1-5-15(6-2)9-16-8-14(17-10-15)13-7-11(3)18-12(13)4/h7,14,16H,5-6,8-10H2,1-4H3. The van der Waals surface area contributed by atoms with Gasteiger partial charge in [0, 0.05) is 24.1 Å². The van der Waals surface area contributed by atoms with Crippen LogP contribution < -0.4 is 5.32 Å². The zero-order chi connectivity index (χ0) is 13.2. The largest absolute Gasteiger partial charge is 0.466 e. The van der Waals surface area contributed by atoms with Crippen LogP contribution in [0, 0.1) is 19.3 Å². The van der Waals surface area contributed by atoms with Gasteiger partial charge in [-0.15, -0.1) is 0 Å². The van der Waals surface area contributed by atoms with Gasteiger partial charge >= 0.3 is 0 Å². The molecule has 1 atom stereocenters. The van der Waals surface area contributed by atoms with Crippen molar-refractivity contribution in [3.63, 3.8) is 0 Å². The molecule has 0 saturated carbocycles. The average molecular weight is 251 g/mol. The van der Waals surface area contributed by atoms with Crippen LogP contribution in [0.25, 0.3) is 0 Å². The molecule has 1 saturated heterocycles. The highest BCUT2D eigenvalue weighted by Gasteiger charge is 2.32. The molecule has 102 valence electrons. The molecule has 2 heterocycles. The van der Waals surface area contributed by atoms with Crippen molar-refractivity contribution in [3.05, 3.63) is 23.2 Å². The summed E-state index contributed by atoms with van der Waals surface area (Å²) in [5.74, 6) is 1.95. The van der Waals surface area contributed by atoms with Crippen molar-refractivity contribution in [2.24, 2.45) is 5.41 Å². The second-order valence-electron chi connectivity index (χ2n) is 5.51. The highest BCUT2D eigenvalue weighted by Crippen LogP contribution is 2.33. The summed E-state index contributed by atoms with van der Waals surface area (Å²) in [6.07, 6.45) is 2.45. The fourth-order valence-electron chi connectivity index (χ4n) is 2.73. The summed E-state index contributed by atoms with van der Waals surface area (Å²) in [5, 5.41) is 3.56. The number of furan rings is 1. The van der Waals surface area contributed by atoms with Crippen molar-refractivity contribution >= 4 is 0 Å². The molecule has 1 fully saturated rings. The quantitative estimate of drug-likeness (QED) is 0.894. The zero-order valence-electron chi connectivity index (χ0n) is 12.0. The molecule has 0 radical (unpaired) electrons. The maximum absolute atomic E-state index is 6.16. The molecule has 1 aliphatic heterocycles. The van der Waals surface area contributed by atoms with Gasteiger partial charge in [-0.1, -0.05) is 13.8 Å². The molecule has 1 aromatic rings. The van der Waals surface area contributed by atoms with E-state index in [1.54, 1.807) is 0 Å². The van der Waals surface area contributed by atoms with Crippen LogP contribution in [-0.2, 0) is 4.74 Å². The molecule has 0 amide bonds. The van der Waals surface area contributed by atoms with E-state index in [9.17, 15) is 0 Å². The van der Waals surface area contributed by atoms with Gasteiger partial charge < -0.3 is 14.5 Å². The Balaban J connectivity index is 2.12. The van der Waals surface area contributed by atoms with Gasteiger partial charge in [-0.05, 0) is 32.8 Å². The molecule has 1 N–H and O–H groups in total. The van der Waals surface area contributed by atoms with Crippen LogP contribution >= 0.6 is 0 Å². The Hall–Kier alpha value is -0.800. The molecule has 0 spiro atoms. The molecule has 1 unspecified atom stereocenters. The molecule has 0 aliphatic carbocycles. The lowest BCUT2D eigenvalue weighted by Crippen LogP contribution is -2.34. The molecule has 2 rings (SSSR count). The predicted molar refractivity (Wildman–Crippen MR) is 72.8 cm³/mol. The SMILES string of the molecule is CCC1(CC)CNCC(c2cc(C)oc2C)OC1. The average Bonchev–Trinajstić information content (AvgIpc) is 2.60. The van der Waals surface area contributed by atoms with E-state index in [2.05, 4.69) is 25.2 Å². The minimum atomic E-state index is 0.127. The third-order valence-electron chi connectivity index (χ3n) is 4.35. The van der Waals surface area contributed by atoms with Gasteiger partial charge in [0.25, 0.3) is 0 Å². The van der Waals surface area contributed by atoms with E-state index >= 15 is 0 Å². The Kier molecular flexibility index (Phi) is 4.13. The first-order valence-corrected chi connectivity index (χ1v) is 6.99. The lowest BCUT2D eigenvalue weighted by molar-refractivity contribution is 0.00967. The molecule has 1 aliphatic rings. The van der Waals surface area contributed by atoms with Crippen molar-refractivity contribution < 1.29 is 9.15 Å². The lowest BCUT2D eigenvalue weighted by Gasteiger charge is -2.29. The van der Waals surface area contributed by atoms with Gasteiger partial charge in [0.15, 0.2) is 0 Å². The van der Waals surface area contributed by atoms with Crippen LogP contribution in [0.4, 0.5) is 0 Å². The van der Waals surface area contributed by atoms with Crippen LogP contribution in [0.3, 0.4) is 0 Å². The topological polar surface area (TPSA) is 34.4 Å². The summed E-state index contributed by atoms with van der Waals surface area (Å²) in [6.45, 7) is 11.3. The van der Waals surface area contributed by atoms with Crippen molar-refractivity contribution in [2.45, 2.75) is 46.6 Å². The van der Waals surface area contributed by atoms with E-state index in [1.165, 1.54) is 5.56 Å². The number of nitrogens with one attached hydrogen (secondary N) is 1. The Bertz CT molecular complexity index is 393. The first-order chi connectivity index (χ1) is 8.60. The third-order valence-corrected chi connectivity index (χ3v) is 4.35. The van der Waals surface area contributed by atoms with Gasteiger partial charge in [-0.3, -0.25) is 0 Å². The molecule has 1 aromatic heterocycles. The zero-order valence-corrected chi connectivity index (χ0v) is 12.0. The highest BCUT2D eigenvalue weighted by molar-refractivity contribution is 5.23. The summed E-state index contributed by atoms with van der Waals surface area (Å²) in [4.78, 5) is 0. The Labute approximate surface area is 110 Å². The van der Waals surface area contributed by atoms with Gasteiger partial charge in [0.2, 0.25) is 0 Å². The summed E-state index contributed by atoms with van der Waals surface area (Å²) < 4.78 is 11.8. The fraction of sp³-hybridized carbons (Fsp3) is 0.733. The third kappa shape index (κ3) is 2.62. The molecule has 3 heteroatoms. The maximum atomic E-state index is 6.16. The minimum Gasteiger partial charge on any atom is -0.466 e. The summed E-state index contributed by atoms with van der Waals surface area (Å²) in [6, 6.07) is 2.10. The smallest absolute Gasteiger partial charge is 0.106 e. The van der Waals surface area contributed by atoms with Crippen molar-refractivity contribution in [1.29, 1.82) is 0 Å². The van der Waals surface area contributed by atoms with Gasteiger partial charge in [0.1, 0.15) is 11.5 Å². The highest BCUT2D eigenvalue weighted by atomic mass is 16.5. The molecule has 3 nitrogen and oxygen atoms in total. The summed E-state index contributed by atoms with van der Waals surface area (Å²) in [5.41, 5.74) is 1.49. The number of hydrogen-bond donors (Lipinski definition) is 1. The van der Waals surface area contributed by atoms with Crippen LogP contribution in [0.1, 0.15) is 49.9 Å². The monoisotopic (exact) mass is 251 g/mol. The van der Waals surface area contributed by atoms with Crippen LogP contribution in [0.15, 0.2) is 10.5 Å². The van der Waals surface area contributed by atoms with Crippen molar-refractivity contribution in [2.75, 3.05) is 19.7 Å². The number of rotatable bonds is 3. The van der Waals surface area contributed by atoms with E-state index in [0.717, 1.165) is 44.1 Å². The Morgan fingerprint density at radius 1 is 1.33 bits per heavy atom. The predicted octanol–water partition coefficient (Wildman–Crippen LogP) is 3.36. The minimum absolute atomic E-state index is 0.127. The van der Waals surface area contributed by atoms with E-state index in [0.29, 0.717) is 5.41 Å². The van der Waals surface area contributed by atoms with Gasteiger partial charge in [-0.2, -0.15) is 0 Å². The number of aryl methyl sites for hydroxylation is 2. The van der Waals surface area contributed by atoms with Crippen molar-refractivity contribution in [3.8, 4) is 0 Å². The second-order valence-corrected chi connectivity index (χ2v) is 5.51. The Morgan fingerprint density at radius 2 is 2.06 bits per heavy atom. The molecule has 18 heavy (non-hydrogen) atoms. The number of ether oxygens (including phenoxy) is 1. The summed E-state index contributed by atoms with van der Waals surface area (Å²) >= 11 is 0. The van der Waals surface area contributed by atoms with E-state index in [1.807, 2.05) is 13.8 Å². The van der Waals surface area contributed by atoms with Crippen LogP contribution in [-0.4, -0.2) is 19.7 Å². The van der Waals surface area contributed by atoms with Gasteiger partial charge in [0.05, 0.1) is 12.7 Å². The van der Waals surface area contributed by atoms with Crippen LogP contribution in [0.5, 0.6) is 0 Å². The maximum Gasteiger partial charge on any atom is 0.106 e. The van der Waals surface area contributed by atoms with Crippen molar-refractivity contribution in [1.82, 2.24) is 5.32 Å². The lowest BCUT2D eigenvalue weighted by atomic mass is 9.83. The first-order valence-electron chi connectivity index (χ1n) is 6.99. The second kappa shape index (κ2) is 5.45. The molecular formula is C15H25NO2. The van der Waals surface area contributed by atoms with Gasteiger partial charge in [-0.25, -0.2) is 0 Å². The molecular weight excluding hydrogens is 226 g/mol. The number of hydrogen-bond acceptors (Lipinski definition) is 3. The van der Waals surface area contributed by atoms with E-state index in [4.69, 9.17) is 9.15 Å². The normalized spacial score (nSPS) is 23.9. The molecule has 0 aromatic carbocycles. The van der Waals surface area contributed by atoms with E-state index in [-0.39, 0.29) is 6.10 Å².